The van der Waals surface area contributed by atoms with Crippen LogP contribution < -0.4 is 5.32 Å². The van der Waals surface area contributed by atoms with Gasteiger partial charge in [0, 0.05) is 39.4 Å². The summed E-state index contributed by atoms with van der Waals surface area (Å²) in [6.45, 7) is 12.9. The number of rotatable bonds is 14. The van der Waals surface area contributed by atoms with Gasteiger partial charge < -0.3 is 19.9 Å². The molecule has 0 heterocycles. The number of ether oxygens (including phenoxy) is 2. The maximum absolute atomic E-state index is 9.97. The van der Waals surface area contributed by atoms with Gasteiger partial charge in [-0.15, -0.1) is 0 Å². The topological polar surface area (TPSA) is 54.0 Å². The molecule has 0 amide bonds. The highest BCUT2D eigenvalue weighted by Gasteiger charge is 2.11. The van der Waals surface area contributed by atoms with Crippen LogP contribution in [-0.2, 0) is 9.47 Å². The van der Waals surface area contributed by atoms with Crippen molar-refractivity contribution in [3.8, 4) is 0 Å². The molecule has 0 aliphatic heterocycles. The van der Waals surface area contributed by atoms with Gasteiger partial charge in [-0.1, -0.05) is 6.92 Å². The van der Waals surface area contributed by atoms with E-state index in [1.165, 1.54) is 0 Å². The van der Waals surface area contributed by atoms with Crippen LogP contribution in [-0.4, -0.2) is 75.3 Å². The van der Waals surface area contributed by atoms with Crippen LogP contribution in [0.1, 0.15) is 27.2 Å². The van der Waals surface area contributed by atoms with E-state index in [0.717, 1.165) is 39.3 Å². The lowest BCUT2D eigenvalue weighted by Gasteiger charge is -2.25. The van der Waals surface area contributed by atoms with Crippen molar-refractivity contribution >= 4 is 0 Å². The number of aliphatic hydroxyl groups is 1. The van der Waals surface area contributed by atoms with Crippen LogP contribution in [0.3, 0.4) is 0 Å². The molecule has 0 saturated carbocycles. The minimum Gasteiger partial charge on any atom is -0.390 e. The molecule has 0 aromatic heterocycles. The summed E-state index contributed by atoms with van der Waals surface area (Å²) < 4.78 is 10.7. The monoisotopic (exact) mass is 276 g/mol. The van der Waals surface area contributed by atoms with Crippen molar-refractivity contribution < 1.29 is 14.6 Å². The van der Waals surface area contributed by atoms with E-state index in [4.69, 9.17) is 9.47 Å². The number of nitrogens with one attached hydrogen (secondary N) is 1. The second-order valence-corrected chi connectivity index (χ2v) is 4.55. The Bertz CT molecular complexity index is 172. The Kier molecular flexibility index (Phi) is 14.1. The Morgan fingerprint density at radius 1 is 1.05 bits per heavy atom. The molecule has 19 heavy (non-hydrogen) atoms. The van der Waals surface area contributed by atoms with Gasteiger partial charge in [-0.25, -0.2) is 0 Å². The van der Waals surface area contributed by atoms with Gasteiger partial charge in [0.2, 0.25) is 0 Å². The first kappa shape index (κ1) is 18.8. The Morgan fingerprint density at radius 2 is 1.63 bits per heavy atom. The lowest BCUT2D eigenvalue weighted by atomic mass is 10.3. The van der Waals surface area contributed by atoms with E-state index in [9.17, 15) is 5.11 Å². The average Bonchev–Trinajstić information content (AvgIpc) is 2.39. The first-order chi connectivity index (χ1) is 9.24. The van der Waals surface area contributed by atoms with Gasteiger partial charge in [0.1, 0.15) is 0 Å². The standard InChI is InChI=1S/C14H32N2O3/c1-4-7-15-12-14(17)13-16(8-10-18-5-2)9-11-19-6-3/h14-15,17H,4-13H2,1-3H3. The fraction of sp³-hybridized carbons (Fsp3) is 1.00. The second kappa shape index (κ2) is 14.2. The van der Waals surface area contributed by atoms with Crippen molar-refractivity contribution in [3.05, 3.63) is 0 Å². The Hall–Kier alpha value is -0.200. The molecular weight excluding hydrogens is 244 g/mol. The molecule has 5 nitrogen and oxygen atoms in total. The van der Waals surface area contributed by atoms with Crippen LogP contribution in [0.5, 0.6) is 0 Å². The maximum Gasteiger partial charge on any atom is 0.0791 e. The van der Waals surface area contributed by atoms with E-state index in [1.54, 1.807) is 0 Å². The van der Waals surface area contributed by atoms with Gasteiger partial charge in [-0.05, 0) is 26.8 Å². The van der Waals surface area contributed by atoms with Gasteiger partial charge in [0.25, 0.3) is 0 Å². The van der Waals surface area contributed by atoms with E-state index >= 15 is 0 Å². The third-order valence-electron chi connectivity index (χ3n) is 2.79. The summed E-state index contributed by atoms with van der Waals surface area (Å²) in [5, 5.41) is 13.2. The molecule has 0 aromatic rings. The predicted molar refractivity (Wildman–Crippen MR) is 78.6 cm³/mol. The highest BCUT2D eigenvalue weighted by Crippen LogP contribution is 1.94. The van der Waals surface area contributed by atoms with Crippen molar-refractivity contribution in [2.75, 3.05) is 59.2 Å². The first-order valence-corrected chi connectivity index (χ1v) is 7.51. The molecule has 1 unspecified atom stereocenters. The van der Waals surface area contributed by atoms with Crippen LogP contribution >= 0.6 is 0 Å². The van der Waals surface area contributed by atoms with Crippen LogP contribution in [0.2, 0.25) is 0 Å². The van der Waals surface area contributed by atoms with E-state index in [1.807, 2.05) is 13.8 Å². The normalized spacial score (nSPS) is 13.1. The zero-order chi connectivity index (χ0) is 14.3. The summed E-state index contributed by atoms with van der Waals surface area (Å²) in [7, 11) is 0. The minimum atomic E-state index is -0.338. The van der Waals surface area contributed by atoms with Gasteiger partial charge in [-0.3, -0.25) is 4.90 Å². The minimum absolute atomic E-state index is 0.338. The van der Waals surface area contributed by atoms with E-state index in [0.29, 0.717) is 26.3 Å². The molecule has 5 heteroatoms. The molecule has 116 valence electrons. The van der Waals surface area contributed by atoms with Gasteiger partial charge in [-0.2, -0.15) is 0 Å². The maximum atomic E-state index is 9.97. The molecule has 0 rings (SSSR count). The fourth-order valence-corrected chi connectivity index (χ4v) is 1.78. The van der Waals surface area contributed by atoms with Crippen molar-refractivity contribution in [1.29, 1.82) is 0 Å². The third-order valence-corrected chi connectivity index (χ3v) is 2.79. The number of hydrogen-bond acceptors (Lipinski definition) is 5. The van der Waals surface area contributed by atoms with E-state index in [2.05, 4.69) is 17.1 Å². The highest BCUT2D eigenvalue weighted by molar-refractivity contribution is 4.67. The zero-order valence-corrected chi connectivity index (χ0v) is 12.9. The Balaban J connectivity index is 3.86. The van der Waals surface area contributed by atoms with Gasteiger partial charge in [0.05, 0.1) is 19.3 Å². The highest BCUT2D eigenvalue weighted by atomic mass is 16.5. The van der Waals surface area contributed by atoms with E-state index in [-0.39, 0.29) is 6.10 Å². The molecule has 0 fully saturated rings. The lowest BCUT2D eigenvalue weighted by Crippen LogP contribution is -2.41. The molecule has 1 atom stereocenters. The quantitative estimate of drug-likeness (QED) is 0.458. The molecule has 0 spiro atoms. The summed E-state index contributed by atoms with van der Waals surface area (Å²) >= 11 is 0. The molecule has 0 aliphatic rings. The molecule has 0 aromatic carbocycles. The number of aliphatic hydroxyl groups excluding tert-OH is 1. The Morgan fingerprint density at radius 3 is 2.11 bits per heavy atom. The Labute approximate surface area is 118 Å². The molecular formula is C14H32N2O3. The van der Waals surface area contributed by atoms with Crippen molar-refractivity contribution in [2.45, 2.75) is 33.3 Å². The van der Waals surface area contributed by atoms with Crippen LogP contribution in [0, 0.1) is 0 Å². The zero-order valence-electron chi connectivity index (χ0n) is 12.9. The van der Waals surface area contributed by atoms with Gasteiger partial charge in [0.15, 0.2) is 0 Å². The van der Waals surface area contributed by atoms with Crippen LogP contribution in [0.15, 0.2) is 0 Å². The summed E-state index contributed by atoms with van der Waals surface area (Å²) in [4.78, 5) is 2.20. The smallest absolute Gasteiger partial charge is 0.0791 e. The first-order valence-electron chi connectivity index (χ1n) is 7.51. The summed E-state index contributed by atoms with van der Waals surface area (Å²) in [5.74, 6) is 0. The third kappa shape index (κ3) is 12.6. The van der Waals surface area contributed by atoms with Gasteiger partial charge >= 0.3 is 0 Å². The SMILES string of the molecule is CCCNCC(O)CN(CCOCC)CCOCC. The number of nitrogens with zero attached hydrogens (tertiary/aromatic N) is 1. The fourth-order valence-electron chi connectivity index (χ4n) is 1.78. The summed E-state index contributed by atoms with van der Waals surface area (Å²) in [6.07, 6.45) is 0.750. The van der Waals surface area contributed by atoms with E-state index < -0.39 is 0 Å². The summed E-state index contributed by atoms with van der Waals surface area (Å²) in [6, 6.07) is 0. The van der Waals surface area contributed by atoms with Crippen molar-refractivity contribution in [2.24, 2.45) is 0 Å². The number of hydrogen-bond donors (Lipinski definition) is 2. The van der Waals surface area contributed by atoms with Crippen LogP contribution in [0.4, 0.5) is 0 Å². The second-order valence-electron chi connectivity index (χ2n) is 4.55. The summed E-state index contributed by atoms with van der Waals surface area (Å²) in [5.41, 5.74) is 0. The average molecular weight is 276 g/mol. The van der Waals surface area contributed by atoms with Crippen molar-refractivity contribution in [3.63, 3.8) is 0 Å². The van der Waals surface area contributed by atoms with Crippen LogP contribution in [0.25, 0.3) is 0 Å². The molecule has 0 aliphatic carbocycles. The molecule has 2 N–H and O–H groups in total. The molecule has 0 saturated heterocycles. The predicted octanol–water partition coefficient (Wildman–Crippen LogP) is 0.722. The lowest BCUT2D eigenvalue weighted by molar-refractivity contribution is 0.0536. The van der Waals surface area contributed by atoms with Crippen molar-refractivity contribution in [1.82, 2.24) is 10.2 Å². The largest absolute Gasteiger partial charge is 0.390 e. The molecule has 0 bridgehead atoms. The molecule has 0 radical (unpaired) electrons.